The van der Waals surface area contributed by atoms with Gasteiger partial charge in [-0.3, -0.25) is 4.79 Å². The largest absolute Gasteiger partial charge is 0.344 e. The molecule has 1 aromatic carbocycles. The molecule has 2 aliphatic rings. The van der Waals surface area contributed by atoms with Crippen LogP contribution >= 0.6 is 0 Å². The van der Waals surface area contributed by atoms with Crippen LogP contribution in [0.4, 0.5) is 5.69 Å². The monoisotopic (exact) mass is 197 g/mol. The summed E-state index contributed by atoms with van der Waals surface area (Å²) in [7, 11) is 0. The summed E-state index contributed by atoms with van der Waals surface area (Å²) in [6.07, 6.45) is 10.3. The SMILES string of the molecule is O=Cc1cc2c3c(c1)CC=CN3CC=C2. The number of carbonyl (C=O) groups excluding carboxylic acids is 1. The van der Waals surface area contributed by atoms with Crippen LogP contribution in [0.1, 0.15) is 21.5 Å². The minimum atomic E-state index is 0.769. The number of allylic oxidation sites excluding steroid dienone is 1. The number of nitrogens with zero attached hydrogens (tertiary/aromatic N) is 1. The lowest BCUT2D eigenvalue weighted by Gasteiger charge is -2.30. The van der Waals surface area contributed by atoms with Crippen molar-refractivity contribution >= 4 is 18.0 Å². The fourth-order valence-corrected chi connectivity index (χ4v) is 2.27. The molecule has 2 heterocycles. The standard InChI is InChI=1S/C13H11NO/c15-9-10-7-11-3-1-5-14-6-2-4-12(8-10)13(11)14/h1-3,6-9H,4-5H2. The highest BCUT2D eigenvalue weighted by Gasteiger charge is 2.18. The lowest BCUT2D eigenvalue weighted by atomic mass is 9.95. The minimum absolute atomic E-state index is 0.769. The van der Waals surface area contributed by atoms with Crippen LogP contribution < -0.4 is 4.90 Å². The predicted molar refractivity (Wildman–Crippen MR) is 61.1 cm³/mol. The van der Waals surface area contributed by atoms with E-state index in [2.05, 4.69) is 29.3 Å². The Balaban J connectivity index is 2.27. The van der Waals surface area contributed by atoms with Gasteiger partial charge in [0.2, 0.25) is 0 Å². The van der Waals surface area contributed by atoms with E-state index in [9.17, 15) is 4.79 Å². The summed E-state index contributed by atoms with van der Waals surface area (Å²) in [5.74, 6) is 0. The average Bonchev–Trinajstić information content (AvgIpc) is 2.29. The second kappa shape index (κ2) is 3.09. The van der Waals surface area contributed by atoms with Crippen LogP contribution in [0.25, 0.3) is 6.08 Å². The zero-order valence-corrected chi connectivity index (χ0v) is 8.31. The van der Waals surface area contributed by atoms with Gasteiger partial charge >= 0.3 is 0 Å². The Labute approximate surface area is 88.5 Å². The van der Waals surface area contributed by atoms with Gasteiger partial charge in [-0.25, -0.2) is 0 Å². The summed E-state index contributed by atoms with van der Waals surface area (Å²) in [5.41, 5.74) is 4.45. The Morgan fingerprint density at radius 3 is 3.07 bits per heavy atom. The highest BCUT2D eigenvalue weighted by Crippen LogP contribution is 2.34. The summed E-state index contributed by atoms with van der Waals surface area (Å²) in [5, 5.41) is 0. The fourth-order valence-electron chi connectivity index (χ4n) is 2.27. The normalized spacial score (nSPS) is 16.4. The Hall–Kier alpha value is -1.83. The third-order valence-corrected chi connectivity index (χ3v) is 2.89. The van der Waals surface area contributed by atoms with Gasteiger partial charge in [-0.2, -0.15) is 0 Å². The van der Waals surface area contributed by atoms with Gasteiger partial charge in [0.15, 0.2) is 0 Å². The number of benzene rings is 1. The van der Waals surface area contributed by atoms with Crippen molar-refractivity contribution in [3.63, 3.8) is 0 Å². The lowest BCUT2D eigenvalue weighted by molar-refractivity contribution is 0.112. The first-order valence-corrected chi connectivity index (χ1v) is 5.10. The van der Waals surface area contributed by atoms with Crippen molar-refractivity contribution in [3.8, 4) is 0 Å². The molecule has 0 bridgehead atoms. The van der Waals surface area contributed by atoms with E-state index in [0.29, 0.717) is 0 Å². The summed E-state index contributed by atoms with van der Waals surface area (Å²) >= 11 is 0. The van der Waals surface area contributed by atoms with E-state index < -0.39 is 0 Å². The Kier molecular flexibility index (Phi) is 1.75. The van der Waals surface area contributed by atoms with E-state index in [-0.39, 0.29) is 0 Å². The molecule has 3 rings (SSSR count). The number of carbonyl (C=O) groups is 1. The molecule has 0 fully saturated rings. The highest BCUT2D eigenvalue weighted by molar-refractivity contribution is 5.84. The molecule has 74 valence electrons. The Bertz CT molecular complexity index is 486. The van der Waals surface area contributed by atoms with Crippen molar-refractivity contribution in [2.75, 3.05) is 11.4 Å². The maximum Gasteiger partial charge on any atom is 0.150 e. The lowest BCUT2D eigenvalue weighted by Crippen LogP contribution is -2.23. The molecule has 2 nitrogen and oxygen atoms in total. The number of aldehydes is 1. The van der Waals surface area contributed by atoms with E-state index in [0.717, 1.165) is 30.4 Å². The molecule has 0 radical (unpaired) electrons. The minimum Gasteiger partial charge on any atom is -0.344 e. The van der Waals surface area contributed by atoms with Crippen LogP contribution in [0.5, 0.6) is 0 Å². The molecule has 0 unspecified atom stereocenters. The molecule has 0 aromatic heterocycles. The predicted octanol–water partition coefficient (Wildman–Crippen LogP) is 2.40. The Morgan fingerprint density at radius 2 is 2.20 bits per heavy atom. The summed E-state index contributed by atoms with van der Waals surface area (Å²) in [4.78, 5) is 13.0. The van der Waals surface area contributed by atoms with Crippen molar-refractivity contribution in [3.05, 3.63) is 47.2 Å². The van der Waals surface area contributed by atoms with Crippen molar-refractivity contribution in [1.29, 1.82) is 0 Å². The summed E-state index contributed by atoms with van der Waals surface area (Å²) in [6, 6.07) is 3.94. The maximum absolute atomic E-state index is 10.8. The Morgan fingerprint density at radius 1 is 1.27 bits per heavy atom. The van der Waals surface area contributed by atoms with Gasteiger partial charge in [-0.1, -0.05) is 18.2 Å². The molecule has 0 amide bonds. The molecule has 0 saturated heterocycles. The second-order valence-corrected chi connectivity index (χ2v) is 3.88. The first-order valence-electron chi connectivity index (χ1n) is 5.10. The number of hydrogen-bond donors (Lipinski definition) is 0. The van der Waals surface area contributed by atoms with Crippen molar-refractivity contribution in [1.82, 2.24) is 0 Å². The summed E-state index contributed by atoms with van der Waals surface area (Å²) in [6.45, 7) is 0.928. The molecule has 0 spiro atoms. The summed E-state index contributed by atoms with van der Waals surface area (Å²) < 4.78 is 0. The van der Waals surface area contributed by atoms with Gasteiger partial charge in [0, 0.05) is 18.3 Å². The van der Waals surface area contributed by atoms with Gasteiger partial charge < -0.3 is 4.90 Å². The fraction of sp³-hybridized carbons (Fsp3) is 0.154. The molecular formula is C13H11NO. The average molecular weight is 197 g/mol. The van der Waals surface area contributed by atoms with Gasteiger partial charge in [0.05, 0.1) is 5.69 Å². The van der Waals surface area contributed by atoms with E-state index in [1.807, 2.05) is 12.1 Å². The van der Waals surface area contributed by atoms with Gasteiger partial charge in [-0.15, -0.1) is 0 Å². The third kappa shape index (κ3) is 1.22. The molecule has 0 N–H and O–H groups in total. The van der Waals surface area contributed by atoms with Gasteiger partial charge in [0.1, 0.15) is 6.29 Å². The molecule has 1 aromatic rings. The number of rotatable bonds is 1. The first kappa shape index (κ1) is 8.48. The maximum atomic E-state index is 10.8. The van der Waals surface area contributed by atoms with Crippen LogP contribution in [0.3, 0.4) is 0 Å². The third-order valence-electron chi connectivity index (χ3n) is 2.89. The highest BCUT2D eigenvalue weighted by atomic mass is 16.1. The van der Waals surface area contributed by atoms with E-state index >= 15 is 0 Å². The molecule has 2 aliphatic heterocycles. The van der Waals surface area contributed by atoms with Crippen LogP contribution in [0, 0.1) is 0 Å². The van der Waals surface area contributed by atoms with Crippen molar-refractivity contribution in [2.24, 2.45) is 0 Å². The topological polar surface area (TPSA) is 20.3 Å². The number of anilines is 1. The first-order chi connectivity index (χ1) is 7.38. The van der Waals surface area contributed by atoms with Crippen molar-refractivity contribution < 1.29 is 4.79 Å². The van der Waals surface area contributed by atoms with E-state index in [1.165, 1.54) is 11.3 Å². The van der Waals surface area contributed by atoms with Gasteiger partial charge in [-0.05, 0) is 29.7 Å². The zero-order valence-electron chi connectivity index (χ0n) is 8.31. The van der Waals surface area contributed by atoms with E-state index in [1.54, 1.807) is 0 Å². The second-order valence-electron chi connectivity index (χ2n) is 3.88. The van der Waals surface area contributed by atoms with Crippen molar-refractivity contribution in [2.45, 2.75) is 6.42 Å². The van der Waals surface area contributed by atoms with Crippen LogP contribution in [-0.4, -0.2) is 12.8 Å². The number of hydrogen-bond acceptors (Lipinski definition) is 2. The molecule has 2 heteroatoms. The van der Waals surface area contributed by atoms with E-state index in [4.69, 9.17) is 0 Å². The van der Waals surface area contributed by atoms with Crippen LogP contribution in [-0.2, 0) is 6.42 Å². The molecular weight excluding hydrogens is 186 g/mol. The molecule has 0 saturated carbocycles. The zero-order chi connectivity index (χ0) is 10.3. The van der Waals surface area contributed by atoms with Crippen LogP contribution in [0.15, 0.2) is 30.5 Å². The molecule has 0 atom stereocenters. The molecule has 0 aliphatic carbocycles. The van der Waals surface area contributed by atoms with Crippen LogP contribution in [0.2, 0.25) is 0 Å². The smallest absolute Gasteiger partial charge is 0.150 e. The quantitative estimate of drug-likeness (QED) is 0.644. The van der Waals surface area contributed by atoms with Gasteiger partial charge in [0.25, 0.3) is 0 Å². The molecule has 15 heavy (non-hydrogen) atoms.